The molecule has 1 aliphatic rings. The minimum Gasteiger partial charge on any atom is -0.336 e. The first-order valence-electron chi connectivity index (χ1n) is 5.87. The second kappa shape index (κ2) is 4.64. The van der Waals surface area contributed by atoms with Gasteiger partial charge < -0.3 is 4.90 Å². The van der Waals surface area contributed by atoms with Gasteiger partial charge in [0.15, 0.2) is 0 Å². The summed E-state index contributed by atoms with van der Waals surface area (Å²) < 4.78 is 0. The monoisotopic (exact) mass is 218 g/mol. The molecular formula is C13H18N2O. The quantitative estimate of drug-likeness (QED) is 0.725. The van der Waals surface area contributed by atoms with Gasteiger partial charge in [-0.2, -0.15) is 0 Å². The van der Waals surface area contributed by atoms with E-state index in [1.54, 1.807) is 6.92 Å². The molecule has 2 rings (SSSR count). The number of rotatable bonds is 1. The number of amides is 1. The highest BCUT2D eigenvalue weighted by Crippen LogP contribution is 2.30. The minimum atomic E-state index is 0.172. The van der Waals surface area contributed by atoms with Crippen LogP contribution in [0.2, 0.25) is 0 Å². The van der Waals surface area contributed by atoms with E-state index < -0.39 is 0 Å². The van der Waals surface area contributed by atoms with Gasteiger partial charge in [0.2, 0.25) is 5.91 Å². The van der Waals surface area contributed by atoms with Crippen molar-refractivity contribution in [3.8, 4) is 0 Å². The SMILES string of the molecule is CC(=O)N1CCCCC1c1cncc(C)c1. The fourth-order valence-electron chi connectivity index (χ4n) is 2.42. The lowest BCUT2D eigenvalue weighted by Crippen LogP contribution is -2.37. The number of aryl methyl sites for hydroxylation is 1. The number of hydrogen-bond acceptors (Lipinski definition) is 2. The summed E-state index contributed by atoms with van der Waals surface area (Å²) in [7, 11) is 0. The van der Waals surface area contributed by atoms with E-state index in [1.165, 1.54) is 12.0 Å². The third-order valence-corrected chi connectivity index (χ3v) is 3.19. The van der Waals surface area contributed by atoms with Gasteiger partial charge in [0.05, 0.1) is 6.04 Å². The zero-order valence-electron chi connectivity index (χ0n) is 9.94. The van der Waals surface area contributed by atoms with Gasteiger partial charge in [-0.3, -0.25) is 9.78 Å². The zero-order chi connectivity index (χ0) is 11.5. The van der Waals surface area contributed by atoms with Crippen LogP contribution in [-0.4, -0.2) is 22.3 Å². The molecule has 1 fully saturated rings. The van der Waals surface area contributed by atoms with E-state index in [1.807, 2.05) is 24.2 Å². The standard InChI is InChI=1S/C13H18N2O/c1-10-7-12(9-14-8-10)13-5-3-4-6-15(13)11(2)16/h7-9,13H,3-6H2,1-2H3. The number of likely N-dealkylation sites (tertiary alicyclic amines) is 1. The summed E-state index contributed by atoms with van der Waals surface area (Å²) in [4.78, 5) is 17.8. The molecule has 0 bridgehead atoms. The van der Waals surface area contributed by atoms with Crippen LogP contribution in [0.25, 0.3) is 0 Å². The predicted octanol–water partition coefficient (Wildman–Crippen LogP) is 2.46. The molecule has 1 aliphatic heterocycles. The Morgan fingerprint density at radius 2 is 2.25 bits per heavy atom. The highest BCUT2D eigenvalue weighted by atomic mass is 16.2. The maximum absolute atomic E-state index is 11.6. The summed E-state index contributed by atoms with van der Waals surface area (Å²) in [6.45, 7) is 4.58. The normalized spacial score (nSPS) is 20.9. The van der Waals surface area contributed by atoms with Crippen LogP contribution >= 0.6 is 0 Å². The lowest BCUT2D eigenvalue weighted by atomic mass is 9.96. The van der Waals surface area contributed by atoms with Crippen molar-refractivity contribution in [3.63, 3.8) is 0 Å². The Kier molecular flexibility index (Phi) is 3.22. The minimum absolute atomic E-state index is 0.172. The Morgan fingerprint density at radius 3 is 2.94 bits per heavy atom. The van der Waals surface area contributed by atoms with Gasteiger partial charge >= 0.3 is 0 Å². The number of nitrogens with zero attached hydrogens (tertiary/aromatic N) is 2. The van der Waals surface area contributed by atoms with E-state index in [2.05, 4.69) is 11.1 Å². The van der Waals surface area contributed by atoms with Gasteiger partial charge in [-0.1, -0.05) is 6.07 Å². The van der Waals surface area contributed by atoms with Crippen LogP contribution in [-0.2, 0) is 4.79 Å². The summed E-state index contributed by atoms with van der Waals surface area (Å²) >= 11 is 0. The van der Waals surface area contributed by atoms with Gasteiger partial charge in [0.1, 0.15) is 0 Å². The van der Waals surface area contributed by atoms with Crippen LogP contribution in [0.5, 0.6) is 0 Å². The van der Waals surface area contributed by atoms with E-state index >= 15 is 0 Å². The van der Waals surface area contributed by atoms with Crippen LogP contribution in [0, 0.1) is 6.92 Å². The average molecular weight is 218 g/mol. The molecule has 0 aliphatic carbocycles. The molecule has 0 saturated carbocycles. The van der Waals surface area contributed by atoms with Crippen LogP contribution in [0.3, 0.4) is 0 Å². The van der Waals surface area contributed by atoms with Crippen molar-refractivity contribution in [2.24, 2.45) is 0 Å². The van der Waals surface area contributed by atoms with Crippen LogP contribution in [0.15, 0.2) is 18.5 Å². The molecule has 16 heavy (non-hydrogen) atoms. The fraction of sp³-hybridized carbons (Fsp3) is 0.538. The van der Waals surface area contributed by atoms with Gasteiger partial charge in [-0.25, -0.2) is 0 Å². The Morgan fingerprint density at radius 1 is 1.44 bits per heavy atom. The second-order valence-electron chi connectivity index (χ2n) is 4.52. The molecule has 1 saturated heterocycles. The van der Waals surface area contributed by atoms with Crippen molar-refractivity contribution < 1.29 is 4.79 Å². The first-order chi connectivity index (χ1) is 7.68. The van der Waals surface area contributed by atoms with Crippen molar-refractivity contribution in [1.29, 1.82) is 0 Å². The van der Waals surface area contributed by atoms with E-state index in [4.69, 9.17) is 0 Å². The van der Waals surface area contributed by atoms with E-state index in [0.717, 1.165) is 24.9 Å². The Bertz CT molecular complexity index is 389. The number of pyridine rings is 1. The third-order valence-electron chi connectivity index (χ3n) is 3.19. The molecule has 1 amide bonds. The molecule has 0 spiro atoms. The van der Waals surface area contributed by atoms with Crippen molar-refractivity contribution in [2.75, 3.05) is 6.54 Å². The highest BCUT2D eigenvalue weighted by Gasteiger charge is 2.25. The predicted molar refractivity (Wildman–Crippen MR) is 63.0 cm³/mol. The number of carbonyl (C=O) groups is 1. The number of piperidine rings is 1. The Balaban J connectivity index is 2.26. The van der Waals surface area contributed by atoms with Crippen LogP contribution in [0.4, 0.5) is 0 Å². The first-order valence-corrected chi connectivity index (χ1v) is 5.87. The molecule has 1 atom stereocenters. The summed E-state index contributed by atoms with van der Waals surface area (Å²) in [5.74, 6) is 0.172. The molecule has 0 aromatic carbocycles. The van der Waals surface area contributed by atoms with Crippen molar-refractivity contribution in [2.45, 2.75) is 39.2 Å². The van der Waals surface area contributed by atoms with Gasteiger partial charge in [0.25, 0.3) is 0 Å². The first kappa shape index (κ1) is 11.1. The topological polar surface area (TPSA) is 33.2 Å². The van der Waals surface area contributed by atoms with Gasteiger partial charge in [-0.15, -0.1) is 0 Å². The molecule has 0 N–H and O–H groups in total. The molecule has 0 radical (unpaired) electrons. The summed E-state index contributed by atoms with van der Waals surface area (Å²) in [6.07, 6.45) is 7.12. The smallest absolute Gasteiger partial charge is 0.219 e. The molecular weight excluding hydrogens is 200 g/mol. The van der Waals surface area contributed by atoms with Gasteiger partial charge in [-0.05, 0) is 37.3 Å². The van der Waals surface area contributed by atoms with Crippen molar-refractivity contribution in [3.05, 3.63) is 29.6 Å². The molecule has 2 heterocycles. The summed E-state index contributed by atoms with van der Waals surface area (Å²) in [5.41, 5.74) is 2.33. The summed E-state index contributed by atoms with van der Waals surface area (Å²) in [5, 5.41) is 0. The van der Waals surface area contributed by atoms with Crippen molar-refractivity contribution in [1.82, 2.24) is 9.88 Å². The molecule has 1 aromatic rings. The fourth-order valence-corrected chi connectivity index (χ4v) is 2.42. The molecule has 3 nitrogen and oxygen atoms in total. The van der Waals surface area contributed by atoms with E-state index in [-0.39, 0.29) is 11.9 Å². The molecule has 1 unspecified atom stereocenters. The lowest BCUT2D eigenvalue weighted by Gasteiger charge is -2.35. The largest absolute Gasteiger partial charge is 0.336 e. The number of aromatic nitrogens is 1. The second-order valence-corrected chi connectivity index (χ2v) is 4.52. The van der Waals surface area contributed by atoms with Crippen molar-refractivity contribution >= 4 is 5.91 Å². The molecule has 1 aromatic heterocycles. The number of hydrogen-bond donors (Lipinski definition) is 0. The van der Waals surface area contributed by atoms with Gasteiger partial charge in [0, 0.05) is 25.9 Å². The average Bonchev–Trinajstić information content (AvgIpc) is 2.29. The molecule has 3 heteroatoms. The molecule has 86 valence electrons. The van der Waals surface area contributed by atoms with E-state index in [9.17, 15) is 4.79 Å². The Labute approximate surface area is 96.5 Å². The Hall–Kier alpha value is -1.38. The van der Waals surface area contributed by atoms with Crippen LogP contribution < -0.4 is 0 Å². The third kappa shape index (κ3) is 2.23. The maximum Gasteiger partial charge on any atom is 0.219 e. The lowest BCUT2D eigenvalue weighted by molar-refractivity contribution is -0.132. The maximum atomic E-state index is 11.6. The highest BCUT2D eigenvalue weighted by molar-refractivity contribution is 5.74. The van der Waals surface area contributed by atoms with Crippen LogP contribution in [0.1, 0.15) is 43.4 Å². The zero-order valence-corrected chi connectivity index (χ0v) is 9.94. The number of carbonyl (C=O) groups excluding carboxylic acids is 1. The van der Waals surface area contributed by atoms with E-state index in [0.29, 0.717) is 0 Å². The summed E-state index contributed by atoms with van der Waals surface area (Å²) in [6, 6.07) is 2.37.